The van der Waals surface area contributed by atoms with Gasteiger partial charge in [0.1, 0.15) is 4.88 Å². The molecule has 6 heteroatoms. The van der Waals surface area contributed by atoms with Crippen LogP contribution in [0.15, 0.2) is 24.3 Å². The Morgan fingerprint density at radius 1 is 1.32 bits per heavy atom. The molecule has 3 rings (SSSR count). The van der Waals surface area contributed by atoms with Crippen LogP contribution in [0.4, 0.5) is 14.5 Å². The molecule has 2 heterocycles. The summed E-state index contributed by atoms with van der Waals surface area (Å²) >= 11 is 1.37. The fraction of sp³-hybridized carbons (Fsp3) is 0.438. The topological polar surface area (TPSA) is 29.5 Å². The number of halogens is 2. The molecule has 1 fully saturated rings. The molecule has 118 valence electrons. The normalized spacial score (nSPS) is 17.7. The first-order valence-corrected chi connectivity index (χ1v) is 8.14. The Morgan fingerprint density at radius 2 is 2.05 bits per heavy atom. The lowest BCUT2D eigenvalue weighted by atomic mass is 10.1. The summed E-state index contributed by atoms with van der Waals surface area (Å²) in [6.45, 7) is 2.83. The van der Waals surface area contributed by atoms with E-state index in [1.54, 1.807) is 6.92 Å². The second-order valence-corrected chi connectivity index (χ2v) is 6.48. The van der Waals surface area contributed by atoms with Crippen LogP contribution in [0, 0.1) is 0 Å². The maximum Gasteiger partial charge on any atom is 0.348 e. The number of hydrogen-bond donors (Lipinski definition) is 0. The number of carbonyl (C=O) groups excluding carboxylic acids is 1. The molecule has 22 heavy (non-hydrogen) atoms. The Hall–Kier alpha value is -1.69. The van der Waals surface area contributed by atoms with Gasteiger partial charge in [-0.2, -0.15) is 0 Å². The molecule has 0 saturated carbocycles. The molecule has 1 aliphatic heterocycles. The third-order valence-electron chi connectivity index (χ3n) is 3.84. The molecule has 0 atom stereocenters. The van der Waals surface area contributed by atoms with Gasteiger partial charge in [0.05, 0.1) is 6.61 Å². The Bertz CT molecular complexity index is 689. The number of alkyl halides is 2. The number of carbonyl (C=O) groups is 1. The van der Waals surface area contributed by atoms with Gasteiger partial charge in [-0.25, -0.2) is 13.6 Å². The Balaban J connectivity index is 1.82. The van der Waals surface area contributed by atoms with Crippen molar-refractivity contribution >= 4 is 33.1 Å². The van der Waals surface area contributed by atoms with Gasteiger partial charge in [-0.1, -0.05) is 6.07 Å². The van der Waals surface area contributed by atoms with Gasteiger partial charge in [0.25, 0.3) is 5.92 Å². The standard InChI is InChI=1S/C16H17F2NO2S/c1-2-21-15(20)14-9-11-3-4-12(10-13(11)22-14)19-7-5-16(17,18)6-8-19/h3-4,9-10H,2,5-8H2,1H3. The maximum atomic E-state index is 13.2. The van der Waals surface area contributed by atoms with Gasteiger partial charge in [-0.3, -0.25) is 0 Å². The molecule has 1 aromatic carbocycles. The number of esters is 1. The van der Waals surface area contributed by atoms with Crippen molar-refractivity contribution in [2.45, 2.75) is 25.7 Å². The van der Waals surface area contributed by atoms with Crippen LogP contribution in [0.2, 0.25) is 0 Å². The van der Waals surface area contributed by atoms with E-state index in [1.165, 1.54) is 11.3 Å². The van der Waals surface area contributed by atoms with Gasteiger partial charge in [-0.15, -0.1) is 11.3 Å². The van der Waals surface area contributed by atoms with Crippen molar-refractivity contribution in [3.8, 4) is 0 Å². The lowest BCUT2D eigenvalue weighted by molar-refractivity contribution is -0.0220. The van der Waals surface area contributed by atoms with E-state index < -0.39 is 5.92 Å². The number of ether oxygens (including phenoxy) is 1. The molecule has 1 aliphatic rings. The van der Waals surface area contributed by atoms with Crippen LogP contribution in [-0.2, 0) is 4.74 Å². The van der Waals surface area contributed by atoms with Gasteiger partial charge in [0, 0.05) is 36.3 Å². The van der Waals surface area contributed by atoms with Gasteiger partial charge in [0.2, 0.25) is 0 Å². The SMILES string of the molecule is CCOC(=O)c1cc2ccc(N3CCC(F)(F)CC3)cc2s1. The molecule has 0 aliphatic carbocycles. The highest BCUT2D eigenvalue weighted by atomic mass is 32.1. The number of benzene rings is 1. The lowest BCUT2D eigenvalue weighted by Crippen LogP contribution is -2.39. The van der Waals surface area contributed by atoms with Gasteiger partial charge >= 0.3 is 5.97 Å². The third kappa shape index (κ3) is 3.06. The van der Waals surface area contributed by atoms with Crippen molar-refractivity contribution in [1.29, 1.82) is 0 Å². The summed E-state index contributed by atoms with van der Waals surface area (Å²) in [5.74, 6) is -2.86. The van der Waals surface area contributed by atoms with Crippen molar-refractivity contribution in [3.05, 3.63) is 29.1 Å². The van der Waals surface area contributed by atoms with Crippen LogP contribution >= 0.6 is 11.3 Å². The number of thiophene rings is 1. The van der Waals surface area contributed by atoms with Crippen LogP contribution in [0.5, 0.6) is 0 Å². The van der Waals surface area contributed by atoms with E-state index in [4.69, 9.17) is 4.74 Å². The number of hydrogen-bond acceptors (Lipinski definition) is 4. The van der Waals surface area contributed by atoms with E-state index in [0.717, 1.165) is 15.8 Å². The summed E-state index contributed by atoms with van der Waals surface area (Å²) < 4.78 is 32.4. The molecule has 0 radical (unpaired) electrons. The van der Waals surface area contributed by atoms with Gasteiger partial charge in [0.15, 0.2) is 0 Å². The predicted molar refractivity (Wildman–Crippen MR) is 84.2 cm³/mol. The average molecular weight is 325 g/mol. The van der Waals surface area contributed by atoms with E-state index in [0.29, 0.717) is 24.6 Å². The monoisotopic (exact) mass is 325 g/mol. The Morgan fingerprint density at radius 3 is 2.73 bits per heavy atom. The second-order valence-electron chi connectivity index (χ2n) is 5.40. The highest BCUT2D eigenvalue weighted by Crippen LogP contribution is 2.34. The number of fused-ring (bicyclic) bond motifs is 1. The number of anilines is 1. The van der Waals surface area contributed by atoms with E-state index >= 15 is 0 Å². The number of piperidine rings is 1. The lowest BCUT2D eigenvalue weighted by Gasteiger charge is -2.33. The Kier molecular flexibility index (Phi) is 4.04. The van der Waals surface area contributed by atoms with E-state index in [9.17, 15) is 13.6 Å². The molecule has 0 amide bonds. The zero-order chi connectivity index (χ0) is 15.7. The highest BCUT2D eigenvalue weighted by molar-refractivity contribution is 7.20. The molecule has 2 aromatic rings. The molecule has 3 nitrogen and oxygen atoms in total. The quantitative estimate of drug-likeness (QED) is 0.788. The summed E-state index contributed by atoms with van der Waals surface area (Å²) in [6.07, 6.45) is -0.215. The first-order chi connectivity index (χ1) is 10.5. The van der Waals surface area contributed by atoms with Crippen molar-refractivity contribution < 1.29 is 18.3 Å². The summed E-state index contributed by atoms with van der Waals surface area (Å²) in [6, 6.07) is 7.63. The number of nitrogens with zero attached hydrogens (tertiary/aromatic N) is 1. The van der Waals surface area contributed by atoms with E-state index in [-0.39, 0.29) is 18.8 Å². The summed E-state index contributed by atoms with van der Waals surface area (Å²) in [7, 11) is 0. The largest absolute Gasteiger partial charge is 0.462 e. The molecular weight excluding hydrogens is 308 g/mol. The zero-order valence-electron chi connectivity index (χ0n) is 12.3. The first-order valence-electron chi connectivity index (χ1n) is 7.32. The third-order valence-corrected chi connectivity index (χ3v) is 4.92. The first kappa shape index (κ1) is 15.2. The predicted octanol–water partition coefficient (Wildman–Crippen LogP) is 4.31. The van der Waals surface area contributed by atoms with Crippen LogP contribution < -0.4 is 4.90 Å². The van der Waals surface area contributed by atoms with Crippen LogP contribution in [0.1, 0.15) is 29.4 Å². The van der Waals surface area contributed by atoms with Crippen LogP contribution in [0.3, 0.4) is 0 Å². The highest BCUT2D eigenvalue weighted by Gasteiger charge is 2.34. The van der Waals surface area contributed by atoms with Gasteiger partial charge in [-0.05, 0) is 30.5 Å². The number of rotatable bonds is 3. The smallest absolute Gasteiger partial charge is 0.348 e. The minimum atomic E-state index is -2.54. The van der Waals surface area contributed by atoms with Crippen molar-refractivity contribution in [3.63, 3.8) is 0 Å². The zero-order valence-corrected chi connectivity index (χ0v) is 13.1. The maximum absolute atomic E-state index is 13.2. The van der Waals surface area contributed by atoms with E-state index in [2.05, 4.69) is 0 Å². The second kappa shape index (κ2) is 5.83. The average Bonchev–Trinajstić information content (AvgIpc) is 2.90. The summed E-state index contributed by atoms with van der Waals surface area (Å²) in [5, 5.41) is 0.971. The minimum Gasteiger partial charge on any atom is -0.462 e. The summed E-state index contributed by atoms with van der Waals surface area (Å²) in [4.78, 5) is 14.3. The van der Waals surface area contributed by atoms with Crippen molar-refractivity contribution in [2.75, 3.05) is 24.6 Å². The fourth-order valence-corrected chi connectivity index (χ4v) is 3.60. The molecule has 0 unspecified atom stereocenters. The Labute approximate surface area is 131 Å². The molecular formula is C16H17F2NO2S. The van der Waals surface area contributed by atoms with Crippen LogP contribution in [0.25, 0.3) is 10.1 Å². The molecule has 0 spiro atoms. The minimum absolute atomic E-state index is 0.108. The van der Waals surface area contributed by atoms with E-state index in [1.807, 2.05) is 29.2 Å². The molecule has 0 N–H and O–H groups in total. The molecule has 1 saturated heterocycles. The van der Waals surface area contributed by atoms with Crippen LogP contribution in [-0.4, -0.2) is 31.6 Å². The summed E-state index contributed by atoms with van der Waals surface area (Å²) in [5.41, 5.74) is 0.931. The van der Waals surface area contributed by atoms with Gasteiger partial charge < -0.3 is 9.64 Å². The van der Waals surface area contributed by atoms with Crippen molar-refractivity contribution in [1.82, 2.24) is 0 Å². The van der Waals surface area contributed by atoms with Crippen molar-refractivity contribution in [2.24, 2.45) is 0 Å². The fourth-order valence-electron chi connectivity index (χ4n) is 2.61. The molecule has 1 aromatic heterocycles. The molecule has 0 bridgehead atoms.